The first-order chi connectivity index (χ1) is 8.60. The van der Waals surface area contributed by atoms with Gasteiger partial charge < -0.3 is 4.74 Å². The molecule has 1 rings (SSSR count). The monoisotopic (exact) mass is 312 g/mol. The predicted molar refractivity (Wildman–Crippen MR) is 82.8 cm³/mol. The van der Waals surface area contributed by atoms with Crippen molar-refractivity contribution in [2.75, 3.05) is 11.9 Å². The summed E-state index contributed by atoms with van der Waals surface area (Å²) in [6.45, 7) is 9.76. The van der Waals surface area contributed by atoms with Crippen molar-refractivity contribution in [1.82, 2.24) is 0 Å². The fraction of sp³-hybridized carbons (Fsp3) is 0.625. The molecule has 0 bridgehead atoms. The maximum absolute atomic E-state index is 6.04. The van der Waals surface area contributed by atoms with Gasteiger partial charge >= 0.3 is 0 Å². The normalized spacial score (nSPS) is 14.6. The molecular formula is C16H25BrO. The van der Waals surface area contributed by atoms with Gasteiger partial charge in [0.15, 0.2) is 0 Å². The highest BCUT2D eigenvalue weighted by Gasteiger charge is 2.15. The molecule has 0 aromatic heterocycles. The van der Waals surface area contributed by atoms with E-state index in [4.69, 9.17) is 4.74 Å². The van der Waals surface area contributed by atoms with Gasteiger partial charge in [-0.05, 0) is 29.9 Å². The fourth-order valence-electron chi connectivity index (χ4n) is 1.85. The molecule has 2 unspecified atom stereocenters. The number of rotatable bonds is 7. The molecule has 1 nitrogen and oxygen atoms in total. The Morgan fingerprint density at radius 2 is 1.83 bits per heavy atom. The molecule has 1 aromatic rings. The predicted octanol–water partition coefficient (Wildman–Crippen LogP) is 5.25. The smallest absolute Gasteiger partial charge is 0.122 e. The lowest BCUT2D eigenvalue weighted by Crippen LogP contribution is -2.19. The van der Waals surface area contributed by atoms with Crippen molar-refractivity contribution >= 4 is 15.9 Å². The Bertz CT molecular complexity index is 349. The number of hydrogen-bond acceptors (Lipinski definition) is 1. The first kappa shape index (κ1) is 15.6. The van der Waals surface area contributed by atoms with Crippen LogP contribution in [0.4, 0.5) is 0 Å². The van der Waals surface area contributed by atoms with Crippen molar-refractivity contribution in [3.63, 3.8) is 0 Å². The third kappa shape index (κ3) is 4.31. The third-order valence-corrected chi connectivity index (χ3v) is 4.49. The van der Waals surface area contributed by atoms with Crippen LogP contribution in [-0.2, 0) is 0 Å². The van der Waals surface area contributed by atoms with E-state index in [1.54, 1.807) is 0 Å². The highest BCUT2D eigenvalue weighted by molar-refractivity contribution is 9.09. The SMILES string of the molecule is CCC(C)c1ccccc1OCC(CBr)C(C)C. The maximum Gasteiger partial charge on any atom is 0.122 e. The standard InChI is InChI=1S/C16H25BrO/c1-5-13(4)15-8-6-7-9-16(15)18-11-14(10-17)12(2)3/h6-9,12-14H,5,10-11H2,1-4H3. The summed E-state index contributed by atoms with van der Waals surface area (Å²) in [7, 11) is 0. The molecule has 0 radical (unpaired) electrons. The Hall–Kier alpha value is -0.500. The number of ether oxygens (including phenoxy) is 1. The summed E-state index contributed by atoms with van der Waals surface area (Å²) in [5.41, 5.74) is 1.33. The van der Waals surface area contributed by atoms with E-state index in [0.717, 1.165) is 24.1 Å². The van der Waals surface area contributed by atoms with Gasteiger partial charge in [-0.15, -0.1) is 0 Å². The van der Waals surface area contributed by atoms with Gasteiger partial charge in [0.25, 0.3) is 0 Å². The number of para-hydroxylation sites is 1. The summed E-state index contributed by atoms with van der Waals surface area (Å²) < 4.78 is 6.04. The van der Waals surface area contributed by atoms with Gasteiger partial charge in [-0.3, -0.25) is 0 Å². The minimum atomic E-state index is 0.558. The Kier molecular flexibility index (Phi) is 6.77. The highest BCUT2D eigenvalue weighted by Crippen LogP contribution is 2.29. The van der Waals surface area contributed by atoms with Crippen LogP contribution in [0.25, 0.3) is 0 Å². The lowest BCUT2D eigenvalue weighted by molar-refractivity contribution is 0.225. The van der Waals surface area contributed by atoms with Gasteiger partial charge in [0.1, 0.15) is 5.75 Å². The Morgan fingerprint density at radius 1 is 1.17 bits per heavy atom. The lowest BCUT2D eigenvalue weighted by Gasteiger charge is -2.21. The molecule has 0 aliphatic carbocycles. The zero-order valence-electron chi connectivity index (χ0n) is 11.9. The summed E-state index contributed by atoms with van der Waals surface area (Å²) in [4.78, 5) is 0. The first-order valence-corrected chi connectivity index (χ1v) is 7.99. The van der Waals surface area contributed by atoms with Crippen molar-refractivity contribution in [2.45, 2.75) is 40.0 Å². The first-order valence-electron chi connectivity index (χ1n) is 6.87. The molecule has 1 aromatic carbocycles. The van der Waals surface area contributed by atoms with Gasteiger partial charge in [-0.2, -0.15) is 0 Å². The molecule has 0 aliphatic heterocycles. The van der Waals surface area contributed by atoms with Crippen LogP contribution in [0.15, 0.2) is 24.3 Å². The topological polar surface area (TPSA) is 9.23 Å². The zero-order chi connectivity index (χ0) is 13.5. The Labute approximate surface area is 120 Å². The van der Waals surface area contributed by atoms with E-state index in [0.29, 0.717) is 17.8 Å². The molecule has 2 heteroatoms. The minimum Gasteiger partial charge on any atom is -0.493 e. The average Bonchev–Trinajstić information content (AvgIpc) is 2.38. The van der Waals surface area contributed by atoms with Crippen LogP contribution in [0.5, 0.6) is 5.75 Å². The maximum atomic E-state index is 6.04. The summed E-state index contributed by atoms with van der Waals surface area (Å²) in [5, 5.41) is 0.996. The van der Waals surface area contributed by atoms with Crippen LogP contribution in [0.3, 0.4) is 0 Å². The summed E-state index contributed by atoms with van der Waals surface area (Å²) in [6, 6.07) is 8.42. The van der Waals surface area contributed by atoms with Crippen LogP contribution in [-0.4, -0.2) is 11.9 Å². The fourth-order valence-corrected chi connectivity index (χ4v) is 2.79. The molecule has 0 N–H and O–H groups in total. The molecule has 0 spiro atoms. The van der Waals surface area contributed by atoms with Crippen LogP contribution >= 0.6 is 15.9 Å². The lowest BCUT2D eigenvalue weighted by atomic mass is 9.97. The van der Waals surface area contributed by atoms with Crippen LogP contribution in [0, 0.1) is 11.8 Å². The van der Waals surface area contributed by atoms with E-state index < -0.39 is 0 Å². The van der Waals surface area contributed by atoms with E-state index in [1.807, 2.05) is 0 Å². The quantitative estimate of drug-likeness (QED) is 0.625. The van der Waals surface area contributed by atoms with Gasteiger partial charge in [-0.25, -0.2) is 0 Å². The molecule has 0 saturated carbocycles. The molecule has 2 atom stereocenters. The summed E-state index contributed by atoms with van der Waals surface area (Å²) in [5.74, 6) is 2.82. The number of benzene rings is 1. The number of halogens is 1. The largest absolute Gasteiger partial charge is 0.493 e. The van der Waals surface area contributed by atoms with Gasteiger partial charge in [0.05, 0.1) is 6.61 Å². The van der Waals surface area contributed by atoms with E-state index in [1.165, 1.54) is 5.56 Å². The average molecular weight is 313 g/mol. The van der Waals surface area contributed by atoms with Crippen LogP contribution in [0.1, 0.15) is 45.6 Å². The Morgan fingerprint density at radius 3 is 2.39 bits per heavy atom. The van der Waals surface area contributed by atoms with E-state index in [-0.39, 0.29) is 0 Å². The van der Waals surface area contributed by atoms with E-state index in [2.05, 4.69) is 67.9 Å². The molecule has 0 heterocycles. The molecule has 0 aliphatic rings. The van der Waals surface area contributed by atoms with Crippen molar-refractivity contribution in [3.05, 3.63) is 29.8 Å². The van der Waals surface area contributed by atoms with E-state index >= 15 is 0 Å². The van der Waals surface area contributed by atoms with Crippen molar-refractivity contribution in [3.8, 4) is 5.75 Å². The van der Waals surface area contributed by atoms with Gasteiger partial charge in [0, 0.05) is 11.2 Å². The molecule has 0 saturated heterocycles. The van der Waals surface area contributed by atoms with Gasteiger partial charge in [-0.1, -0.05) is 61.8 Å². The second kappa shape index (κ2) is 7.83. The minimum absolute atomic E-state index is 0.558. The second-order valence-electron chi connectivity index (χ2n) is 5.32. The molecule has 18 heavy (non-hydrogen) atoms. The number of hydrogen-bond donors (Lipinski definition) is 0. The zero-order valence-corrected chi connectivity index (χ0v) is 13.5. The Balaban J connectivity index is 2.72. The molecule has 0 amide bonds. The van der Waals surface area contributed by atoms with Gasteiger partial charge in [0.2, 0.25) is 0 Å². The summed E-state index contributed by atoms with van der Waals surface area (Å²) >= 11 is 3.57. The summed E-state index contributed by atoms with van der Waals surface area (Å²) in [6.07, 6.45) is 1.15. The van der Waals surface area contributed by atoms with Crippen LogP contribution in [0.2, 0.25) is 0 Å². The number of alkyl halides is 1. The third-order valence-electron chi connectivity index (χ3n) is 3.66. The molecule has 0 fully saturated rings. The van der Waals surface area contributed by atoms with Crippen LogP contribution < -0.4 is 4.74 Å². The van der Waals surface area contributed by atoms with E-state index in [9.17, 15) is 0 Å². The van der Waals surface area contributed by atoms with Crippen molar-refractivity contribution < 1.29 is 4.74 Å². The molecular weight excluding hydrogens is 288 g/mol. The van der Waals surface area contributed by atoms with Crippen molar-refractivity contribution in [1.29, 1.82) is 0 Å². The van der Waals surface area contributed by atoms with Crippen molar-refractivity contribution in [2.24, 2.45) is 11.8 Å². The molecule has 102 valence electrons. The second-order valence-corrected chi connectivity index (χ2v) is 5.96. The highest BCUT2D eigenvalue weighted by atomic mass is 79.9.